The van der Waals surface area contributed by atoms with E-state index >= 15 is 0 Å². The number of nitrogens with zero attached hydrogens (tertiary/aromatic N) is 1. The van der Waals surface area contributed by atoms with E-state index in [0.29, 0.717) is 10.5 Å². The number of benzene rings is 2. The normalized spacial score (nSPS) is 11.8. The highest BCUT2D eigenvalue weighted by Crippen LogP contribution is 2.31. The van der Waals surface area contributed by atoms with Gasteiger partial charge in [0.1, 0.15) is 0 Å². The first-order valence-corrected chi connectivity index (χ1v) is 8.93. The average Bonchev–Trinajstić information content (AvgIpc) is 2.45. The molecule has 0 amide bonds. The van der Waals surface area contributed by atoms with Crippen LogP contribution in [0.2, 0.25) is 0 Å². The molecule has 0 N–H and O–H groups in total. The molecular formula is C18H17NO2S. The van der Waals surface area contributed by atoms with Gasteiger partial charge in [-0.15, -0.1) is 0 Å². The highest BCUT2D eigenvalue weighted by molar-refractivity contribution is 7.90. The van der Waals surface area contributed by atoms with Crippen molar-refractivity contribution in [1.29, 1.82) is 0 Å². The van der Waals surface area contributed by atoms with Gasteiger partial charge in [-0.05, 0) is 43.7 Å². The number of rotatable bonds is 2. The lowest BCUT2D eigenvalue weighted by Gasteiger charge is -2.12. The number of fused-ring (bicyclic) bond motifs is 1. The fourth-order valence-electron chi connectivity index (χ4n) is 2.65. The van der Waals surface area contributed by atoms with Crippen molar-refractivity contribution in [2.75, 3.05) is 6.26 Å². The SMILES string of the molecule is Cc1ccc(S(C)(=O)=O)c(-c2nc3ccccc3cc2C)c1. The minimum Gasteiger partial charge on any atom is -0.247 e. The van der Waals surface area contributed by atoms with Crippen molar-refractivity contribution in [3.63, 3.8) is 0 Å². The molecule has 112 valence electrons. The Morgan fingerprint density at radius 2 is 1.68 bits per heavy atom. The summed E-state index contributed by atoms with van der Waals surface area (Å²) in [5.41, 5.74) is 4.24. The van der Waals surface area contributed by atoms with Gasteiger partial charge in [0.25, 0.3) is 0 Å². The largest absolute Gasteiger partial charge is 0.247 e. The van der Waals surface area contributed by atoms with Gasteiger partial charge in [-0.25, -0.2) is 13.4 Å². The highest BCUT2D eigenvalue weighted by atomic mass is 32.2. The molecule has 3 rings (SSSR count). The van der Waals surface area contributed by atoms with Crippen LogP contribution < -0.4 is 0 Å². The number of hydrogen-bond donors (Lipinski definition) is 0. The van der Waals surface area contributed by atoms with E-state index in [1.807, 2.05) is 56.3 Å². The molecule has 1 heterocycles. The highest BCUT2D eigenvalue weighted by Gasteiger charge is 2.17. The first-order chi connectivity index (χ1) is 10.4. The van der Waals surface area contributed by atoms with Crippen LogP contribution in [0.4, 0.5) is 0 Å². The zero-order chi connectivity index (χ0) is 15.9. The van der Waals surface area contributed by atoms with Gasteiger partial charge in [0.05, 0.1) is 16.1 Å². The van der Waals surface area contributed by atoms with E-state index in [9.17, 15) is 8.42 Å². The number of aryl methyl sites for hydroxylation is 2. The van der Waals surface area contributed by atoms with Crippen molar-refractivity contribution in [1.82, 2.24) is 4.98 Å². The summed E-state index contributed by atoms with van der Waals surface area (Å²) in [6, 6.07) is 15.3. The van der Waals surface area contributed by atoms with Gasteiger partial charge in [0, 0.05) is 17.2 Å². The van der Waals surface area contributed by atoms with Crippen LogP contribution >= 0.6 is 0 Å². The fraction of sp³-hybridized carbons (Fsp3) is 0.167. The molecule has 3 aromatic rings. The van der Waals surface area contributed by atoms with Crippen LogP contribution in [-0.2, 0) is 9.84 Å². The lowest BCUT2D eigenvalue weighted by molar-refractivity contribution is 0.602. The lowest BCUT2D eigenvalue weighted by atomic mass is 10.0. The topological polar surface area (TPSA) is 47.0 Å². The van der Waals surface area contributed by atoms with E-state index < -0.39 is 9.84 Å². The van der Waals surface area contributed by atoms with E-state index in [-0.39, 0.29) is 0 Å². The predicted molar refractivity (Wildman–Crippen MR) is 89.8 cm³/mol. The quantitative estimate of drug-likeness (QED) is 0.720. The molecule has 0 saturated heterocycles. The van der Waals surface area contributed by atoms with Gasteiger partial charge in [-0.2, -0.15) is 0 Å². The summed E-state index contributed by atoms with van der Waals surface area (Å²) >= 11 is 0. The zero-order valence-electron chi connectivity index (χ0n) is 12.8. The maximum absolute atomic E-state index is 12.1. The van der Waals surface area contributed by atoms with Gasteiger partial charge in [0.15, 0.2) is 9.84 Å². The van der Waals surface area contributed by atoms with E-state index in [0.717, 1.165) is 27.7 Å². The van der Waals surface area contributed by atoms with Crippen LogP contribution in [0.25, 0.3) is 22.2 Å². The van der Waals surface area contributed by atoms with E-state index in [1.54, 1.807) is 6.07 Å². The molecule has 3 nitrogen and oxygen atoms in total. The molecule has 0 aliphatic rings. The molecule has 0 bridgehead atoms. The summed E-state index contributed by atoms with van der Waals surface area (Å²) in [7, 11) is -3.31. The van der Waals surface area contributed by atoms with Crippen molar-refractivity contribution < 1.29 is 8.42 Å². The zero-order valence-corrected chi connectivity index (χ0v) is 13.6. The molecule has 0 aliphatic heterocycles. The summed E-state index contributed by atoms with van der Waals surface area (Å²) in [4.78, 5) is 5.02. The Balaban J connectivity index is 2.36. The van der Waals surface area contributed by atoms with Gasteiger partial charge in [-0.3, -0.25) is 0 Å². The Kier molecular flexibility index (Phi) is 3.49. The van der Waals surface area contributed by atoms with Gasteiger partial charge < -0.3 is 0 Å². The molecule has 0 radical (unpaired) electrons. The van der Waals surface area contributed by atoms with Crippen LogP contribution in [-0.4, -0.2) is 19.7 Å². The maximum atomic E-state index is 12.1. The Bertz CT molecular complexity index is 976. The average molecular weight is 311 g/mol. The molecule has 0 aliphatic carbocycles. The van der Waals surface area contributed by atoms with Crippen LogP contribution in [0.3, 0.4) is 0 Å². The van der Waals surface area contributed by atoms with Crippen molar-refractivity contribution in [2.24, 2.45) is 0 Å². The van der Waals surface area contributed by atoms with Gasteiger partial charge >= 0.3 is 0 Å². The molecule has 0 unspecified atom stereocenters. The molecule has 0 atom stereocenters. The Morgan fingerprint density at radius 1 is 0.955 bits per heavy atom. The van der Waals surface area contributed by atoms with Gasteiger partial charge in [-0.1, -0.05) is 29.8 Å². The van der Waals surface area contributed by atoms with Crippen LogP contribution in [0, 0.1) is 13.8 Å². The lowest BCUT2D eigenvalue weighted by Crippen LogP contribution is -2.02. The summed E-state index contributed by atoms with van der Waals surface area (Å²) in [5, 5.41) is 1.05. The monoisotopic (exact) mass is 311 g/mol. The molecule has 0 saturated carbocycles. The number of aromatic nitrogens is 1. The molecule has 22 heavy (non-hydrogen) atoms. The Labute approximate surface area is 130 Å². The fourth-order valence-corrected chi connectivity index (χ4v) is 3.52. The number of pyridine rings is 1. The van der Waals surface area contributed by atoms with E-state index in [1.165, 1.54) is 6.26 Å². The van der Waals surface area contributed by atoms with Crippen molar-refractivity contribution >= 4 is 20.7 Å². The second kappa shape index (κ2) is 5.21. The second-order valence-electron chi connectivity index (χ2n) is 5.62. The Morgan fingerprint density at radius 3 is 2.41 bits per heavy atom. The molecule has 0 spiro atoms. The van der Waals surface area contributed by atoms with Gasteiger partial charge in [0.2, 0.25) is 0 Å². The number of para-hydroxylation sites is 1. The van der Waals surface area contributed by atoms with Crippen LogP contribution in [0.5, 0.6) is 0 Å². The minimum atomic E-state index is -3.31. The summed E-state index contributed by atoms with van der Waals surface area (Å²) in [6.07, 6.45) is 1.23. The smallest absolute Gasteiger partial charge is 0.176 e. The van der Waals surface area contributed by atoms with E-state index in [2.05, 4.69) is 0 Å². The molecule has 2 aromatic carbocycles. The molecule has 0 fully saturated rings. The molecular weight excluding hydrogens is 294 g/mol. The number of sulfone groups is 1. The third-order valence-corrected chi connectivity index (χ3v) is 4.86. The number of hydrogen-bond acceptors (Lipinski definition) is 3. The first kappa shape index (κ1) is 14.7. The van der Waals surface area contributed by atoms with E-state index in [4.69, 9.17) is 4.98 Å². The summed E-state index contributed by atoms with van der Waals surface area (Å²) in [6.45, 7) is 3.91. The predicted octanol–water partition coefficient (Wildman–Crippen LogP) is 3.92. The third kappa shape index (κ3) is 2.62. The Hall–Kier alpha value is -2.20. The van der Waals surface area contributed by atoms with Crippen molar-refractivity contribution in [2.45, 2.75) is 18.7 Å². The maximum Gasteiger partial charge on any atom is 0.176 e. The van der Waals surface area contributed by atoms with Crippen molar-refractivity contribution in [3.05, 3.63) is 59.7 Å². The minimum absolute atomic E-state index is 0.323. The summed E-state index contributed by atoms with van der Waals surface area (Å²) < 4.78 is 24.2. The van der Waals surface area contributed by atoms with Crippen LogP contribution in [0.1, 0.15) is 11.1 Å². The standard InChI is InChI=1S/C18H17NO2S/c1-12-8-9-17(22(3,20)21)15(10-12)18-13(2)11-14-6-4-5-7-16(14)19-18/h4-11H,1-3H3. The molecule has 4 heteroatoms. The molecule has 1 aromatic heterocycles. The third-order valence-electron chi connectivity index (χ3n) is 3.70. The second-order valence-corrected chi connectivity index (χ2v) is 7.60. The van der Waals surface area contributed by atoms with Crippen molar-refractivity contribution in [3.8, 4) is 11.3 Å². The van der Waals surface area contributed by atoms with Crippen LogP contribution in [0.15, 0.2) is 53.4 Å². The first-order valence-electron chi connectivity index (χ1n) is 7.04. The summed E-state index contributed by atoms with van der Waals surface area (Å²) in [5.74, 6) is 0.